The third-order valence-corrected chi connectivity index (χ3v) is 5.97. The van der Waals surface area contributed by atoms with Crippen molar-refractivity contribution < 1.29 is 4.79 Å². The van der Waals surface area contributed by atoms with Gasteiger partial charge in [0.1, 0.15) is 0 Å². The molecule has 3 rings (SSSR count). The Labute approximate surface area is 159 Å². The smallest absolute Gasteiger partial charge is 0.237 e. The fourth-order valence-corrected chi connectivity index (χ4v) is 3.97. The van der Waals surface area contributed by atoms with Crippen LogP contribution in [0, 0.1) is 20.8 Å². The molecule has 0 aliphatic rings. The zero-order valence-corrected chi connectivity index (χ0v) is 16.5. The van der Waals surface area contributed by atoms with Crippen LogP contribution in [0.5, 0.6) is 0 Å². The molecule has 1 N–H and O–H groups in total. The van der Waals surface area contributed by atoms with E-state index in [4.69, 9.17) is 4.98 Å². The number of carbonyl (C=O) groups is 1. The van der Waals surface area contributed by atoms with Gasteiger partial charge in [-0.15, -0.1) is 0 Å². The first kappa shape index (κ1) is 18.5. The Balaban J connectivity index is 1.81. The van der Waals surface area contributed by atoms with Crippen molar-refractivity contribution in [2.45, 2.75) is 44.4 Å². The number of para-hydroxylation sites is 1. The summed E-state index contributed by atoms with van der Waals surface area (Å²) in [7, 11) is 0. The second-order valence-electron chi connectivity index (χ2n) is 6.55. The summed E-state index contributed by atoms with van der Waals surface area (Å²) >= 11 is 1.53. The van der Waals surface area contributed by atoms with Crippen LogP contribution >= 0.6 is 11.8 Å². The van der Waals surface area contributed by atoms with Gasteiger partial charge in [-0.25, -0.2) is 4.98 Å². The fraction of sp³-hybridized carbons (Fsp3) is 0.273. The van der Waals surface area contributed by atoms with Crippen molar-refractivity contribution in [1.82, 2.24) is 4.98 Å². The second-order valence-corrected chi connectivity index (χ2v) is 7.77. The van der Waals surface area contributed by atoms with Gasteiger partial charge in [0.05, 0.1) is 15.8 Å². The summed E-state index contributed by atoms with van der Waals surface area (Å²) in [5.41, 5.74) is 5.33. The lowest BCUT2D eigenvalue weighted by molar-refractivity contribution is -0.115. The minimum Gasteiger partial charge on any atom is -0.325 e. The quantitative estimate of drug-likeness (QED) is 0.593. The average molecular weight is 365 g/mol. The van der Waals surface area contributed by atoms with Crippen molar-refractivity contribution in [1.29, 1.82) is 0 Å². The number of fused-ring (bicyclic) bond motifs is 1. The van der Waals surface area contributed by atoms with Crippen LogP contribution < -0.4 is 5.32 Å². The van der Waals surface area contributed by atoms with E-state index < -0.39 is 0 Å². The third kappa shape index (κ3) is 3.91. The van der Waals surface area contributed by atoms with Gasteiger partial charge < -0.3 is 5.32 Å². The number of hydrogen-bond acceptors (Lipinski definition) is 3. The summed E-state index contributed by atoms with van der Waals surface area (Å²) in [6, 6.07) is 16.2. The molecular weight excluding hydrogens is 340 g/mol. The molecule has 4 heteroatoms. The molecule has 0 saturated carbocycles. The molecule has 134 valence electrons. The second kappa shape index (κ2) is 7.92. The molecular formula is C22H24N2OS. The summed E-state index contributed by atoms with van der Waals surface area (Å²) in [5.74, 6) is 0.0267. The SMILES string of the molecule is CCC(Sc1cc(C)c2ccccc2n1)C(=O)Nc1cccc(C)c1C. The van der Waals surface area contributed by atoms with Crippen molar-refractivity contribution in [3.8, 4) is 0 Å². The van der Waals surface area contributed by atoms with Gasteiger partial charge in [0.15, 0.2) is 0 Å². The number of nitrogens with zero attached hydrogens (tertiary/aromatic N) is 1. The summed E-state index contributed by atoms with van der Waals surface area (Å²) in [5, 5.41) is 4.96. The highest BCUT2D eigenvalue weighted by Gasteiger charge is 2.20. The number of benzene rings is 2. The normalized spacial score (nSPS) is 12.2. The predicted molar refractivity (Wildman–Crippen MR) is 111 cm³/mol. The van der Waals surface area contributed by atoms with Crippen LogP contribution in [0.15, 0.2) is 53.6 Å². The maximum atomic E-state index is 12.8. The van der Waals surface area contributed by atoms with Gasteiger partial charge in [0.2, 0.25) is 5.91 Å². The van der Waals surface area contributed by atoms with Gasteiger partial charge >= 0.3 is 0 Å². The highest BCUT2D eigenvalue weighted by Crippen LogP contribution is 2.29. The van der Waals surface area contributed by atoms with E-state index in [-0.39, 0.29) is 11.2 Å². The van der Waals surface area contributed by atoms with E-state index in [1.54, 1.807) is 0 Å². The van der Waals surface area contributed by atoms with E-state index in [0.29, 0.717) is 0 Å². The lowest BCUT2D eigenvalue weighted by Gasteiger charge is -2.17. The monoisotopic (exact) mass is 364 g/mol. The summed E-state index contributed by atoms with van der Waals surface area (Å²) in [6.07, 6.45) is 0.745. The molecule has 3 nitrogen and oxygen atoms in total. The van der Waals surface area contributed by atoms with Gasteiger partial charge in [-0.05, 0) is 62.1 Å². The van der Waals surface area contributed by atoms with Crippen molar-refractivity contribution in [3.05, 3.63) is 65.2 Å². The molecule has 3 aromatic rings. The van der Waals surface area contributed by atoms with Crippen molar-refractivity contribution >= 4 is 34.3 Å². The highest BCUT2D eigenvalue weighted by atomic mass is 32.2. The Morgan fingerprint density at radius 2 is 1.85 bits per heavy atom. The van der Waals surface area contributed by atoms with E-state index in [0.717, 1.165) is 33.6 Å². The molecule has 0 bridgehead atoms. The number of carbonyl (C=O) groups excluding carboxylic acids is 1. The summed E-state index contributed by atoms with van der Waals surface area (Å²) < 4.78 is 0. The van der Waals surface area contributed by atoms with Gasteiger partial charge in [0.25, 0.3) is 0 Å². The van der Waals surface area contributed by atoms with E-state index >= 15 is 0 Å². The van der Waals surface area contributed by atoms with Gasteiger partial charge in [-0.3, -0.25) is 4.79 Å². The number of thioether (sulfide) groups is 1. The highest BCUT2D eigenvalue weighted by molar-refractivity contribution is 8.00. The Morgan fingerprint density at radius 3 is 2.62 bits per heavy atom. The zero-order valence-electron chi connectivity index (χ0n) is 15.7. The first-order chi connectivity index (χ1) is 12.5. The Kier molecular flexibility index (Phi) is 5.62. The molecule has 26 heavy (non-hydrogen) atoms. The third-order valence-electron chi connectivity index (χ3n) is 4.69. The lowest BCUT2D eigenvalue weighted by Crippen LogP contribution is -2.25. The standard InChI is InChI=1S/C22H24N2OS/c1-5-20(22(25)24-18-12-8-9-14(2)16(18)4)26-21-13-15(3)17-10-6-7-11-19(17)23-21/h6-13,20H,5H2,1-4H3,(H,24,25). The Hall–Kier alpha value is -2.33. The first-order valence-electron chi connectivity index (χ1n) is 8.89. The number of amides is 1. The molecule has 0 spiro atoms. The Morgan fingerprint density at radius 1 is 1.08 bits per heavy atom. The molecule has 1 heterocycles. The number of anilines is 1. The van der Waals surface area contributed by atoms with Gasteiger partial charge in [-0.1, -0.05) is 49.0 Å². The minimum atomic E-state index is -0.178. The number of hydrogen-bond donors (Lipinski definition) is 1. The van der Waals surface area contributed by atoms with Gasteiger partial charge in [-0.2, -0.15) is 0 Å². The van der Waals surface area contributed by atoms with Crippen LogP contribution in [0.1, 0.15) is 30.0 Å². The summed E-state index contributed by atoms with van der Waals surface area (Å²) in [6.45, 7) is 8.21. The summed E-state index contributed by atoms with van der Waals surface area (Å²) in [4.78, 5) is 17.5. The van der Waals surface area contributed by atoms with Crippen LogP contribution in [0.4, 0.5) is 5.69 Å². The zero-order chi connectivity index (χ0) is 18.7. The van der Waals surface area contributed by atoms with E-state index in [2.05, 4.69) is 37.4 Å². The van der Waals surface area contributed by atoms with Crippen molar-refractivity contribution in [3.63, 3.8) is 0 Å². The molecule has 0 aliphatic carbocycles. The molecule has 0 aliphatic heterocycles. The molecule has 0 saturated heterocycles. The minimum absolute atomic E-state index is 0.0267. The predicted octanol–water partition coefficient (Wildman–Crippen LogP) is 5.67. The van der Waals surface area contributed by atoms with Crippen LogP contribution in [0.25, 0.3) is 10.9 Å². The molecule has 1 unspecified atom stereocenters. The maximum absolute atomic E-state index is 12.8. The van der Waals surface area contributed by atoms with E-state index in [1.165, 1.54) is 22.9 Å². The number of rotatable bonds is 5. The lowest BCUT2D eigenvalue weighted by atomic mass is 10.1. The van der Waals surface area contributed by atoms with Crippen LogP contribution in [0.3, 0.4) is 0 Å². The molecule has 1 aromatic heterocycles. The molecule has 0 fully saturated rings. The molecule has 1 atom stereocenters. The van der Waals surface area contributed by atoms with E-state index in [9.17, 15) is 4.79 Å². The largest absolute Gasteiger partial charge is 0.325 e. The molecule has 2 aromatic carbocycles. The van der Waals surface area contributed by atoms with E-state index in [1.807, 2.05) is 44.2 Å². The van der Waals surface area contributed by atoms with Crippen LogP contribution in [-0.4, -0.2) is 16.1 Å². The maximum Gasteiger partial charge on any atom is 0.237 e. The number of pyridine rings is 1. The van der Waals surface area contributed by atoms with Gasteiger partial charge in [0, 0.05) is 11.1 Å². The number of nitrogens with one attached hydrogen (secondary N) is 1. The van der Waals surface area contributed by atoms with Crippen molar-refractivity contribution in [2.24, 2.45) is 0 Å². The van der Waals surface area contributed by atoms with Crippen LogP contribution in [-0.2, 0) is 4.79 Å². The number of aromatic nitrogens is 1. The average Bonchev–Trinajstić information content (AvgIpc) is 2.63. The van der Waals surface area contributed by atoms with Crippen LogP contribution in [0.2, 0.25) is 0 Å². The topological polar surface area (TPSA) is 42.0 Å². The first-order valence-corrected chi connectivity index (χ1v) is 9.77. The number of aryl methyl sites for hydroxylation is 2. The van der Waals surface area contributed by atoms with Crippen molar-refractivity contribution in [2.75, 3.05) is 5.32 Å². The fourth-order valence-electron chi connectivity index (χ4n) is 2.95. The molecule has 0 radical (unpaired) electrons. The Bertz CT molecular complexity index is 952. The molecule has 1 amide bonds.